The van der Waals surface area contributed by atoms with E-state index in [4.69, 9.17) is 5.11 Å². The molecule has 1 aliphatic carbocycles. The van der Waals surface area contributed by atoms with Gasteiger partial charge in [-0.1, -0.05) is 0 Å². The number of aromatic nitrogens is 1. The SMILES string of the molecule is CS(=O)(=O)c1cccnc1N(CCCO)C1CCC1. The quantitative estimate of drug-likeness (QED) is 0.850. The number of pyridine rings is 1. The third-order valence-corrected chi connectivity index (χ3v) is 4.61. The van der Waals surface area contributed by atoms with Gasteiger partial charge in [-0.15, -0.1) is 0 Å². The molecule has 1 N–H and O–H groups in total. The van der Waals surface area contributed by atoms with E-state index in [0.29, 0.717) is 24.8 Å². The fourth-order valence-corrected chi connectivity index (χ4v) is 3.12. The molecule has 1 aromatic rings. The molecule has 2 rings (SSSR count). The Morgan fingerprint density at radius 2 is 2.21 bits per heavy atom. The van der Waals surface area contributed by atoms with Crippen LogP contribution in [0.1, 0.15) is 25.7 Å². The number of aliphatic hydroxyl groups excluding tert-OH is 1. The van der Waals surface area contributed by atoms with Gasteiger partial charge in [0.15, 0.2) is 9.84 Å². The lowest BCUT2D eigenvalue weighted by Gasteiger charge is -2.39. The van der Waals surface area contributed by atoms with Crippen molar-refractivity contribution in [1.29, 1.82) is 0 Å². The molecule has 1 aliphatic rings. The van der Waals surface area contributed by atoms with Gasteiger partial charge in [-0.25, -0.2) is 13.4 Å². The monoisotopic (exact) mass is 284 g/mol. The molecule has 6 heteroatoms. The van der Waals surface area contributed by atoms with Crippen LogP contribution in [-0.2, 0) is 9.84 Å². The zero-order valence-electron chi connectivity index (χ0n) is 11.1. The van der Waals surface area contributed by atoms with Crippen molar-refractivity contribution in [1.82, 2.24) is 4.98 Å². The molecule has 0 spiro atoms. The summed E-state index contributed by atoms with van der Waals surface area (Å²) in [5.74, 6) is 0.531. The summed E-state index contributed by atoms with van der Waals surface area (Å²) in [6, 6.07) is 3.59. The van der Waals surface area contributed by atoms with E-state index in [1.807, 2.05) is 4.90 Å². The molecule has 1 aromatic heterocycles. The van der Waals surface area contributed by atoms with Crippen molar-refractivity contribution >= 4 is 15.7 Å². The minimum atomic E-state index is -3.29. The largest absolute Gasteiger partial charge is 0.396 e. The van der Waals surface area contributed by atoms with Crippen molar-refractivity contribution in [2.45, 2.75) is 36.6 Å². The van der Waals surface area contributed by atoms with Gasteiger partial charge in [-0.2, -0.15) is 0 Å². The first-order valence-corrected chi connectivity index (χ1v) is 8.46. The number of sulfone groups is 1. The fourth-order valence-electron chi connectivity index (χ4n) is 2.29. The van der Waals surface area contributed by atoms with Crippen LogP contribution >= 0.6 is 0 Å². The van der Waals surface area contributed by atoms with E-state index in [9.17, 15) is 8.42 Å². The van der Waals surface area contributed by atoms with Gasteiger partial charge in [0.1, 0.15) is 10.7 Å². The summed E-state index contributed by atoms with van der Waals surface area (Å²) in [4.78, 5) is 6.58. The Bertz CT molecular complexity index is 526. The third-order valence-electron chi connectivity index (χ3n) is 3.49. The van der Waals surface area contributed by atoms with E-state index in [1.165, 1.54) is 12.7 Å². The molecule has 1 fully saturated rings. The average molecular weight is 284 g/mol. The Labute approximate surface area is 114 Å². The van der Waals surface area contributed by atoms with E-state index in [-0.39, 0.29) is 11.5 Å². The third kappa shape index (κ3) is 3.25. The molecule has 1 saturated carbocycles. The first-order valence-electron chi connectivity index (χ1n) is 6.56. The summed E-state index contributed by atoms with van der Waals surface area (Å²) in [6.07, 6.45) is 6.74. The molecule has 19 heavy (non-hydrogen) atoms. The number of hydrogen-bond acceptors (Lipinski definition) is 5. The molecular weight excluding hydrogens is 264 g/mol. The number of nitrogens with zero attached hydrogens (tertiary/aromatic N) is 2. The lowest BCUT2D eigenvalue weighted by Crippen LogP contribution is -2.42. The summed E-state index contributed by atoms with van der Waals surface area (Å²) >= 11 is 0. The second kappa shape index (κ2) is 5.88. The van der Waals surface area contributed by atoms with Gasteiger partial charge in [0.25, 0.3) is 0 Å². The zero-order chi connectivity index (χ0) is 13.9. The van der Waals surface area contributed by atoms with Gasteiger partial charge in [-0.3, -0.25) is 0 Å². The lowest BCUT2D eigenvalue weighted by atomic mass is 9.91. The summed E-state index contributed by atoms with van der Waals surface area (Å²) in [5, 5.41) is 9.00. The van der Waals surface area contributed by atoms with Crippen LogP contribution in [0, 0.1) is 0 Å². The molecule has 0 saturated heterocycles. The van der Waals surface area contributed by atoms with E-state index in [0.717, 1.165) is 12.8 Å². The highest BCUT2D eigenvalue weighted by Gasteiger charge is 2.29. The summed E-state index contributed by atoms with van der Waals surface area (Å²) in [7, 11) is -3.29. The van der Waals surface area contributed by atoms with Crippen molar-refractivity contribution in [2.75, 3.05) is 24.3 Å². The maximum absolute atomic E-state index is 11.8. The van der Waals surface area contributed by atoms with Crippen molar-refractivity contribution in [3.8, 4) is 0 Å². The van der Waals surface area contributed by atoms with Crippen LogP contribution in [0.2, 0.25) is 0 Å². The van der Waals surface area contributed by atoms with Gasteiger partial charge in [0.2, 0.25) is 0 Å². The highest BCUT2D eigenvalue weighted by atomic mass is 32.2. The molecule has 106 valence electrons. The van der Waals surface area contributed by atoms with Gasteiger partial charge in [-0.05, 0) is 37.8 Å². The zero-order valence-corrected chi connectivity index (χ0v) is 11.9. The van der Waals surface area contributed by atoms with Crippen molar-refractivity contribution in [3.05, 3.63) is 18.3 Å². The minimum absolute atomic E-state index is 0.101. The van der Waals surface area contributed by atoms with Crippen LogP contribution in [0.15, 0.2) is 23.2 Å². The molecular formula is C13H20N2O3S. The first-order chi connectivity index (χ1) is 9.04. The highest BCUT2D eigenvalue weighted by Crippen LogP contribution is 2.32. The summed E-state index contributed by atoms with van der Waals surface area (Å²) in [6.45, 7) is 0.741. The maximum Gasteiger partial charge on any atom is 0.179 e. The predicted octanol–water partition coefficient (Wildman–Crippen LogP) is 1.23. The van der Waals surface area contributed by atoms with Gasteiger partial charge >= 0.3 is 0 Å². The minimum Gasteiger partial charge on any atom is -0.396 e. The summed E-state index contributed by atoms with van der Waals surface area (Å²) in [5.41, 5.74) is 0. The normalized spacial score (nSPS) is 16.1. The Morgan fingerprint density at radius 1 is 1.47 bits per heavy atom. The first kappa shape index (κ1) is 14.3. The van der Waals surface area contributed by atoms with Gasteiger partial charge < -0.3 is 10.0 Å². The highest BCUT2D eigenvalue weighted by molar-refractivity contribution is 7.90. The predicted molar refractivity (Wildman–Crippen MR) is 74.0 cm³/mol. The number of rotatable bonds is 6. The maximum atomic E-state index is 11.8. The van der Waals surface area contributed by atoms with Crippen LogP contribution < -0.4 is 4.90 Å². The average Bonchev–Trinajstić information content (AvgIpc) is 2.31. The van der Waals surface area contributed by atoms with Crippen LogP contribution in [0.4, 0.5) is 5.82 Å². The van der Waals surface area contributed by atoms with Gasteiger partial charge in [0.05, 0.1) is 0 Å². The Morgan fingerprint density at radius 3 is 2.74 bits per heavy atom. The molecule has 0 atom stereocenters. The van der Waals surface area contributed by atoms with Crippen LogP contribution in [0.5, 0.6) is 0 Å². The van der Waals surface area contributed by atoms with E-state index >= 15 is 0 Å². The lowest BCUT2D eigenvalue weighted by molar-refractivity contribution is 0.282. The second-order valence-electron chi connectivity index (χ2n) is 4.95. The van der Waals surface area contributed by atoms with E-state index in [1.54, 1.807) is 18.3 Å². The van der Waals surface area contributed by atoms with Crippen LogP contribution in [0.3, 0.4) is 0 Å². The van der Waals surface area contributed by atoms with Gasteiger partial charge in [0, 0.05) is 31.6 Å². The molecule has 0 aromatic carbocycles. The number of aliphatic hydroxyl groups is 1. The number of anilines is 1. The molecule has 0 bridgehead atoms. The second-order valence-corrected chi connectivity index (χ2v) is 6.94. The molecule has 0 aliphatic heterocycles. The molecule has 0 unspecified atom stereocenters. The molecule has 0 radical (unpaired) electrons. The van der Waals surface area contributed by atoms with E-state index < -0.39 is 9.84 Å². The van der Waals surface area contributed by atoms with Crippen LogP contribution in [-0.4, -0.2) is 44.0 Å². The van der Waals surface area contributed by atoms with Crippen molar-refractivity contribution in [2.24, 2.45) is 0 Å². The molecule has 5 nitrogen and oxygen atoms in total. The standard InChI is InChI=1S/C13H20N2O3S/c1-19(17,18)12-7-3-8-14-13(12)15(9-4-10-16)11-5-2-6-11/h3,7-8,11,16H,2,4-6,9-10H2,1H3. The van der Waals surface area contributed by atoms with E-state index in [2.05, 4.69) is 4.98 Å². The fraction of sp³-hybridized carbons (Fsp3) is 0.615. The Kier molecular flexibility index (Phi) is 4.42. The topological polar surface area (TPSA) is 70.5 Å². The Hall–Kier alpha value is -1.14. The number of hydrogen-bond donors (Lipinski definition) is 1. The van der Waals surface area contributed by atoms with Crippen molar-refractivity contribution < 1.29 is 13.5 Å². The van der Waals surface area contributed by atoms with Crippen LogP contribution in [0.25, 0.3) is 0 Å². The Balaban J connectivity index is 2.35. The molecule has 0 amide bonds. The van der Waals surface area contributed by atoms with Crippen molar-refractivity contribution in [3.63, 3.8) is 0 Å². The summed E-state index contributed by atoms with van der Waals surface area (Å²) < 4.78 is 23.7. The molecule has 1 heterocycles. The smallest absolute Gasteiger partial charge is 0.179 e.